The standard InChI is InChI=1S/C37H54N4O6S/c1-7-16-39(19-18-38-20-22-46-23-21-38)35(45)32-37-15-14-36(6,48-37)30(31(37)34(44)41(32)28(25-42)24-26(4)5)33(43)40(17-8-2)27-10-12-29(13-11-27)47-9-3/h7-8,10-13,26,28,30-32,42H,1-2,9,14-25H2,3-6H3/t28-,30-,31+,32?,36+,37?/m1/s1. The molecule has 6 atom stereocenters. The fourth-order valence-electron chi connectivity index (χ4n) is 8.45. The van der Waals surface area contributed by atoms with Gasteiger partial charge in [0.1, 0.15) is 11.8 Å². The first kappa shape index (κ1) is 36.4. The van der Waals surface area contributed by atoms with Crippen LogP contribution in [0.2, 0.25) is 0 Å². The SMILES string of the molecule is C=CCN(CCN1CCOCC1)C(=O)C1N([C@@H](CO)CC(C)C)C(=O)[C@@H]2[C@H](C(=O)N(CC=C)c3ccc(OCC)cc3)[C@]3(C)CCC12S3. The Morgan fingerprint density at radius 2 is 1.81 bits per heavy atom. The number of ether oxygens (including phenoxy) is 2. The summed E-state index contributed by atoms with van der Waals surface area (Å²) in [6, 6.07) is 6.10. The van der Waals surface area contributed by atoms with Crippen LogP contribution in [-0.2, 0) is 19.1 Å². The summed E-state index contributed by atoms with van der Waals surface area (Å²) in [7, 11) is 0. The van der Waals surface area contributed by atoms with E-state index in [0.717, 1.165) is 18.8 Å². The van der Waals surface area contributed by atoms with Gasteiger partial charge < -0.3 is 29.3 Å². The lowest BCUT2D eigenvalue weighted by Gasteiger charge is -2.40. The van der Waals surface area contributed by atoms with Gasteiger partial charge in [-0.3, -0.25) is 19.3 Å². The van der Waals surface area contributed by atoms with Gasteiger partial charge in [-0.15, -0.1) is 24.9 Å². The van der Waals surface area contributed by atoms with E-state index in [9.17, 15) is 19.5 Å². The Kier molecular flexibility index (Phi) is 11.7. The lowest BCUT2D eigenvalue weighted by atomic mass is 9.66. The van der Waals surface area contributed by atoms with Gasteiger partial charge in [-0.25, -0.2) is 0 Å². The maximum absolute atomic E-state index is 14.9. The molecule has 0 radical (unpaired) electrons. The zero-order valence-corrected chi connectivity index (χ0v) is 30.0. The lowest BCUT2D eigenvalue weighted by molar-refractivity contribution is -0.146. The molecule has 4 fully saturated rings. The van der Waals surface area contributed by atoms with Crippen LogP contribution in [0.15, 0.2) is 49.6 Å². The first-order valence-corrected chi connectivity index (χ1v) is 18.3. The molecule has 1 N–H and O–H groups in total. The summed E-state index contributed by atoms with van der Waals surface area (Å²) in [6.07, 6.45) is 5.36. The molecule has 0 saturated carbocycles. The minimum Gasteiger partial charge on any atom is -0.494 e. The number of hydrogen-bond acceptors (Lipinski definition) is 8. The number of nitrogens with zero attached hydrogens (tertiary/aromatic N) is 4. The van der Waals surface area contributed by atoms with Gasteiger partial charge in [0, 0.05) is 49.7 Å². The number of amides is 3. The van der Waals surface area contributed by atoms with Crippen LogP contribution in [0.4, 0.5) is 5.69 Å². The average Bonchev–Trinajstić information content (AvgIpc) is 3.65. The monoisotopic (exact) mass is 682 g/mol. The summed E-state index contributed by atoms with van der Waals surface area (Å²) < 4.78 is 9.84. The minimum absolute atomic E-state index is 0.125. The van der Waals surface area contributed by atoms with Crippen LogP contribution < -0.4 is 9.64 Å². The van der Waals surface area contributed by atoms with E-state index >= 15 is 0 Å². The Bertz CT molecular complexity index is 1340. The third-order valence-corrected chi connectivity index (χ3v) is 12.5. The van der Waals surface area contributed by atoms with Crippen LogP contribution in [0.5, 0.6) is 5.75 Å². The molecule has 4 aliphatic heterocycles. The fourth-order valence-corrected chi connectivity index (χ4v) is 10.8. The Balaban J connectivity index is 1.53. The average molecular weight is 683 g/mol. The Morgan fingerprint density at radius 1 is 1.12 bits per heavy atom. The molecular formula is C37H54N4O6S. The molecule has 1 aromatic carbocycles. The molecule has 11 heteroatoms. The molecule has 0 aromatic heterocycles. The van der Waals surface area contributed by atoms with Crippen molar-refractivity contribution >= 4 is 35.2 Å². The van der Waals surface area contributed by atoms with E-state index in [2.05, 4.69) is 38.8 Å². The maximum atomic E-state index is 14.9. The quantitative estimate of drug-likeness (QED) is 0.263. The molecule has 1 aromatic rings. The molecule has 4 saturated heterocycles. The fraction of sp³-hybridized carbons (Fsp3) is 0.649. The third kappa shape index (κ3) is 6.80. The Morgan fingerprint density at radius 3 is 2.42 bits per heavy atom. The maximum Gasteiger partial charge on any atom is 0.247 e. The summed E-state index contributed by atoms with van der Waals surface area (Å²) in [4.78, 5) is 52.2. The molecule has 5 rings (SSSR count). The summed E-state index contributed by atoms with van der Waals surface area (Å²) in [5, 5.41) is 10.7. The van der Waals surface area contributed by atoms with Crippen molar-refractivity contribution in [3.05, 3.63) is 49.6 Å². The predicted molar refractivity (Wildman–Crippen MR) is 190 cm³/mol. The topological polar surface area (TPSA) is 103 Å². The molecule has 2 unspecified atom stereocenters. The Labute approximate surface area is 290 Å². The molecule has 2 bridgehead atoms. The third-order valence-electron chi connectivity index (χ3n) is 10.6. The molecule has 10 nitrogen and oxygen atoms in total. The number of thioether (sulfide) groups is 1. The molecule has 4 heterocycles. The highest BCUT2D eigenvalue weighted by atomic mass is 32.2. The second-order valence-corrected chi connectivity index (χ2v) is 16.0. The van der Waals surface area contributed by atoms with E-state index in [4.69, 9.17) is 9.47 Å². The van der Waals surface area contributed by atoms with Crippen LogP contribution in [0.3, 0.4) is 0 Å². The largest absolute Gasteiger partial charge is 0.494 e. The van der Waals surface area contributed by atoms with Crippen molar-refractivity contribution in [1.29, 1.82) is 0 Å². The van der Waals surface area contributed by atoms with Gasteiger partial charge in [-0.1, -0.05) is 26.0 Å². The van der Waals surface area contributed by atoms with Crippen LogP contribution in [0.1, 0.15) is 47.0 Å². The summed E-state index contributed by atoms with van der Waals surface area (Å²) >= 11 is 1.66. The number of anilines is 1. The summed E-state index contributed by atoms with van der Waals surface area (Å²) in [6.45, 7) is 21.1. The first-order valence-electron chi connectivity index (χ1n) is 17.5. The van der Waals surface area contributed by atoms with Crippen LogP contribution in [0, 0.1) is 17.8 Å². The van der Waals surface area contributed by atoms with Gasteiger partial charge in [0.15, 0.2) is 0 Å². The molecule has 1 spiro atoms. The zero-order valence-electron chi connectivity index (χ0n) is 29.1. The number of hydrogen-bond donors (Lipinski definition) is 1. The number of aliphatic hydroxyl groups excluding tert-OH is 1. The molecule has 4 aliphatic rings. The summed E-state index contributed by atoms with van der Waals surface area (Å²) in [5.41, 5.74) is 0.706. The number of likely N-dealkylation sites (tertiary alicyclic amines) is 1. The van der Waals surface area contributed by atoms with Gasteiger partial charge in [-0.2, -0.15) is 0 Å². The molecule has 3 amide bonds. The van der Waals surface area contributed by atoms with Crippen LogP contribution >= 0.6 is 11.8 Å². The minimum atomic E-state index is -0.793. The highest BCUT2D eigenvalue weighted by Crippen LogP contribution is 2.72. The van der Waals surface area contributed by atoms with Crippen molar-refractivity contribution < 1.29 is 29.0 Å². The van der Waals surface area contributed by atoms with Crippen molar-refractivity contribution in [2.45, 2.75) is 68.5 Å². The number of rotatable bonds is 16. The van der Waals surface area contributed by atoms with Crippen molar-refractivity contribution in [3.8, 4) is 5.75 Å². The van der Waals surface area contributed by atoms with Crippen LogP contribution in [0.25, 0.3) is 0 Å². The van der Waals surface area contributed by atoms with Gasteiger partial charge >= 0.3 is 0 Å². The van der Waals surface area contributed by atoms with E-state index in [1.54, 1.807) is 33.7 Å². The molecule has 264 valence electrons. The second-order valence-electron chi connectivity index (χ2n) is 14.1. The van der Waals surface area contributed by atoms with Gasteiger partial charge in [-0.05, 0) is 63.3 Å². The number of carbonyl (C=O) groups is 3. The van der Waals surface area contributed by atoms with Crippen molar-refractivity contribution in [2.24, 2.45) is 17.8 Å². The van der Waals surface area contributed by atoms with Gasteiger partial charge in [0.05, 0.1) is 49.1 Å². The van der Waals surface area contributed by atoms with Crippen LogP contribution in [-0.4, -0.2) is 125 Å². The zero-order chi connectivity index (χ0) is 34.6. The number of benzene rings is 1. The highest BCUT2D eigenvalue weighted by Gasteiger charge is 2.78. The first-order chi connectivity index (χ1) is 23.0. The van der Waals surface area contributed by atoms with E-state index in [1.165, 1.54) is 0 Å². The second kappa shape index (κ2) is 15.4. The van der Waals surface area contributed by atoms with Crippen molar-refractivity contribution in [3.63, 3.8) is 0 Å². The van der Waals surface area contributed by atoms with E-state index in [1.807, 2.05) is 36.1 Å². The van der Waals surface area contributed by atoms with Crippen molar-refractivity contribution in [1.82, 2.24) is 14.7 Å². The predicted octanol–water partition coefficient (Wildman–Crippen LogP) is 3.84. The molecule has 0 aliphatic carbocycles. The van der Waals surface area contributed by atoms with E-state index in [-0.39, 0.29) is 36.8 Å². The molecular weight excluding hydrogens is 628 g/mol. The lowest BCUT2D eigenvalue weighted by Crippen LogP contribution is -2.58. The van der Waals surface area contributed by atoms with Gasteiger partial charge in [0.2, 0.25) is 17.7 Å². The normalized spacial score (nSPS) is 28.8. The van der Waals surface area contributed by atoms with Gasteiger partial charge in [0.25, 0.3) is 0 Å². The highest BCUT2D eigenvalue weighted by molar-refractivity contribution is 8.02. The number of fused-ring (bicyclic) bond motifs is 1. The number of carbonyl (C=O) groups excluding carboxylic acids is 3. The van der Waals surface area contributed by atoms with E-state index in [0.29, 0.717) is 64.4 Å². The smallest absolute Gasteiger partial charge is 0.247 e. The van der Waals surface area contributed by atoms with Crippen molar-refractivity contribution in [2.75, 3.05) is 70.6 Å². The summed E-state index contributed by atoms with van der Waals surface area (Å²) in [5.74, 6) is -0.883. The Hall–Kier alpha value is -2.86. The molecule has 48 heavy (non-hydrogen) atoms. The number of aliphatic hydroxyl groups is 1. The number of morpholine rings is 1. The van der Waals surface area contributed by atoms with E-state index < -0.39 is 33.4 Å².